The third-order valence-corrected chi connectivity index (χ3v) is 3.65. The lowest BCUT2D eigenvalue weighted by Crippen LogP contribution is -2.33. The zero-order valence-electron chi connectivity index (χ0n) is 11.4. The van der Waals surface area contributed by atoms with Crippen molar-refractivity contribution < 1.29 is 9.52 Å². The number of hydrogen-bond donors (Lipinski definition) is 2. The van der Waals surface area contributed by atoms with Crippen molar-refractivity contribution in [3.05, 3.63) is 35.1 Å². The summed E-state index contributed by atoms with van der Waals surface area (Å²) in [6.07, 6.45) is -0.753. The summed E-state index contributed by atoms with van der Waals surface area (Å²) in [7, 11) is 0. The van der Waals surface area contributed by atoms with Gasteiger partial charge in [0, 0.05) is 11.4 Å². The van der Waals surface area contributed by atoms with Crippen LogP contribution in [-0.4, -0.2) is 11.1 Å². The van der Waals surface area contributed by atoms with E-state index in [1.807, 2.05) is 39.8 Å². The van der Waals surface area contributed by atoms with E-state index in [9.17, 15) is 5.11 Å². The second-order valence-electron chi connectivity index (χ2n) is 5.34. The largest absolute Gasteiger partial charge is 0.458 e. The highest BCUT2D eigenvalue weighted by molar-refractivity contribution is 5.82. The van der Waals surface area contributed by atoms with Gasteiger partial charge < -0.3 is 15.3 Å². The number of aryl methyl sites for hydroxylation is 2. The Balaban J connectivity index is 2.44. The Bertz CT molecular complexity index is 557. The SMILES string of the molecule is Cc1ccc2cc(C(O)C(N)C(C)C)oc2c1C. The summed E-state index contributed by atoms with van der Waals surface area (Å²) in [5.74, 6) is 0.760. The van der Waals surface area contributed by atoms with Crippen molar-refractivity contribution in [3.8, 4) is 0 Å². The van der Waals surface area contributed by atoms with Gasteiger partial charge in [-0.3, -0.25) is 0 Å². The average molecular weight is 247 g/mol. The molecule has 3 heteroatoms. The van der Waals surface area contributed by atoms with Crippen LogP contribution < -0.4 is 5.73 Å². The molecule has 0 aliphatic carbocycles. The van der Waals surface area contributed by atoms with E-state index in [-0.39, 0.29) is 12.0 Å². The minimum atomic E-state index is -0.753. The van der Waals surface area contributed by atoms with Crippen molar-refractivity contribution in [3.63, 3.8) is 0 Å². The van der Waals surface area contributed by atoms with Gasteiger partial charge in [0.1, 0.15) is 17.4 Å². The molecular formula is C15H21NO2. The van der Waals surface area contributed by atoms with Crippen molar-refractivity contribution in [1.82, 2.24) is 0 Å². The summed E-state index contributed by atoms with van der Waals surface area (Å²) >= 11 is 0. The van der Waals surface area contributed by atoms with Gasteiger partial charge in [0.25, 0.3) is 0 Å². The molecule has 2 rings (SSSR count). The normalized spacial score (nSPS) is 15.3. The minimum Gasteiger partial charge on any atom is -0.458 e. The van der Waals surface area contributed by atoms with Crippen molar-refractivity contribution in [2.45, 2.75) is 39.8 Å². The lowest BCUT2D eigenvalue weighted by atomic mass is 9.98. The summed E-state index contributed by atoms with van der Waals surface area (Å²) in [4.78, 5) is 0. The molecule has 0 saturated heterocycles. The van der Waals surface area contributed by atoms with Gasteiger partial charge in [0.2, 0.25) is 0 Å². The molecular weight excluding hydrogens is 226 g/mol. The van der Waals surface area contributed by atoms with Crippen LogP contribution in [0.3, 0.4) is 0 Å². The highest BCUT2D eigenvalue weighted by Crippen LogP contribution is 2.30. The van der Waals surface area contributed by atoms with Crippen LogP contribution in [0.25, 0.3) is 11.0 Å². The molecule has 2 aromatic rings. The highest BCUT2D eigenvalue weighted by atomic mass is 16.4. The molecule has 2 atom stereocenters. The van der Waals surface area contributed by atoms with Gasteiger partial charge in [-0.05, 0) is 37.0 Å². The van der Waals surface area contributed by atoms with E-state index in [1.165, 1.54) is 5.56 Å². The van der Waals surface area contributed by atoms with Crippen LogP contribution in [-0.2, 0) is 0 Å². The van der Waals surface area contributed by atoms with Crippen molar-refractivity contribution in [2.24, 2.45) is 11.7 Å². The van der Waals surface area contributed by atoms with Crippen molar-refractivity contribution >= 4 is 11.0 Å². The number of aliphatic hydroxyl groups is 1. The Morgan fingerprint density at radius 2 is 1.89 bits per heavy atom. The molecule has 3 N–H and O–H groups in total. The molecule has 0 radical (unpaired) electrons. The van der Waals surface area contributed by atoms with Crippen LogP contribution in [0.1, 0.15) is 36.8 Å². The second kappa shape index (κ2) is 4.75. The van der Waals surface area contributed by atoms with Crippen molar-refractivity contribution in [1.29, 1.82) is 0 Å². The molecule has 0 spiro atoms. The molecule has 0 aliphatic rings. The Morgan fingerprint density at radius 1 is 1.22 bits per heavy atom. The summed E-state index contributed by atoms with van der Waals surface area (Å²) in [5, 5.41) is 11.2. The molecule has 1 aromatic carbocycles. The fraction of sp³-hybridized carbons (Fsp3) is 0.467. The van der Waals surface area contributed by atoms with E-state index in [0.29, 0.717) is 5.76 Å². The first-order chi connectivity index (χ1) is 8.41. The van der Waals surface area contributed by atoms with Crippen LogP contribution in [0.4, 0.5) is 0 Å². The molecule has 0 bridgehead atoms. The lowest BCUT2D eigenvalue weighted by Gasteiger charge is -2.20. The Kier molecular flexibility index (Phi) is 3.46. The molecule has 1 aromatic heterocycles. The third kappa shape index (κ3) is 2.16. The maximum atomic E-state index is 10.2. The van der Waals surface area contributed by atoms with Gasteiger partial charge in [-0.25, -0.2) is 0 Å². The van der Waals surface area contributed by atoms with Crippen LogP contribution in [0.2, 0.25) is 0 Å². The van der Waals surface area contributed by atoms with E-state index in [1.54, 1.807) is 0 Å². The zero-order chi connectivity index (χ0) is 13.4. The van der Waals surface area contributed by atoms with Crippen molar-refractivity contribution in [2.75, 3.05) is 0 Å². The summed E-state index contributed by atoms with van der Waals surface area (Å²) in [6.45, 7) is 8.06. The van der Waals surface area contributed by atoms with Gasteiger partial charge in [-0.15, -0.1) is 0 Å². The third-order valence-electron chi connectivity index (χ3n) is 3.65. The quantitative estimate of drug-likeness (QED) is 0.876. The minimum absolute atomic E-state index is 0.205. The predicted molar refractivity (Wildman–Crippen MR) is 73.5 cm³/mol. The lowest BCUT2D eigenvalue weighted by molar-refractivity contribution is 0.104. The number of hydrogen-bond acceptors (Lipinski definition) is 3. The smallest absolute Gasteiger partial charge is 0.137 e. The first-order valence-electron chi connectivity index (χ1n) is 6.35. The number of furan rings is 1. The average Bonchev–Trinajstić information content (AvgIpc) is 2.76. The topological polar surface area (TPSA) is 59.4 Å². The molecule has 3 nitrogen and oxygen atoms in total. The summed E-state index contributed by atoms with van der Waals surface area (Å²) in [5.41, 5.74) is 9.12. The highest BCUT2D eigenvalue weighted by Gasteiger charge is 2.23. The first kappa shape index (κ1) is 13.1. The van der Waals surface area contributed by atoms with Gasteiger partial charge in [0.05, 0.1) is 0 Å². The Hall–Kier alpha value is -1.32. The molecule has 1 heterocycles. The second-order valence-corrected chi connectivity index (χ2v) is 5.34. The molecule has 0 aliphatic heterocycles. The fourth-order valence-electron chi connectivity index (χ4n) is 2.06. The van der Waals surface area contributed by atoms with Gasteiger partial charge in [-0.1, -0.05) is 26.0 Å². The number of fused-ring (bicyclic) bond motifs is 1. The molecule has 0 saturated carbocycles. The van der Waals surface area contributed by atoms with Gasteiger partial charge in [-0.2, -0.15) is 0 Å². The standard InChI is InChI=1S/C15H21NO2/c1-8(2)13(16)14(17)12-7-11-6-5-9(3)10(4)15(11)18-12/h5-8,13-14,17H,16H2,1-4H3. The van der Waals surface area contributed by atoms with Gasteiger partial charge in [0.15, 0.2) is 0 Å². The monoisotopic (exact) mass is 247 g/mol. The van der Waals surface area contributed by atoms with Gasteiger partial charge >= 0.3 is 0 Å². The number of rotatable bonds is 3. The summed E-state index contributed by atoms with van der Waals surface area (Å²) in [6, 6.07) is 5.64. The molecule has 2 unspecified atom stereocenters. The number of nitrogens with two attached hydrogens (primary N) is 1. The predicted octanol–water partition coefficient (Wildman–Crippen LogP) is 3.07. The van der Waals surface area contributed by atoms with Crippen LogP contribution >= 0.6 is 0 Å². The van der Waals surface area contributed by atoms with E-state index < -0.39 is 6.10 Å². The maximum absolute atomic E-state index is 10.2. The molecule has 18 heavy (non-hydrogen) atoms. The van der Waals surface area contributed by atoms with Crippen LogP contribution in [0, 0.1) is 19.8 Å². The molecule has 0 fully saturated rings. The number of benzene rings is 1. The van der Waals surface area contributed by atoms with E-state index in [2.05, 4.69) is 6.07 Å². The first-order valence-corrected chi connectivity index (χ1v) is 6.35. The fourth-order valence-corrected chi connectivity index (χ4v) is 2.06. The summed E-state index contributed by atoms with van der Waals surface area (Å²) < 4.78 is 5.78. The van der Waals surface area contributed by atoms with Crippen LogP contribution in [0.5, 0.6) is 0 Å². The molecule has 98 valence electrons. The van der Waals surface area contributed by atoms with E-state index in [0.717, 1.165) is 16.5 Å². The van der Waals surface area contributed by atoms with E-state index in [4.69, 9.17) is 10.2 Å². The number of aliphatic hydroxyl groups excluding tert-OH is 1. The van der Waals surface area contributed by atoms with Crippen LogP contribution in [0.15, 0.2) is 22.6 Å². The zero-order valence-corrected chi connectivity index (χ0v) is 11.4. The Labute approximate surface area is 108 Å². The molecule has 0 amide bonds. The van der Waals surface area contributed by atoms with E-state index >= 15 is 0 Å². The Morgan fingerprint density at radius 3 is 2.50 bits per heavy atom. The maximum Gasteiger partial charge on any atom is 0.137 e.